The molecule has 0 saturated heterocycles. The number of nitrogens with one attached hydrogen (secondary N) is 1. The summed E-state index contributed by atoms with van der Waals surface area (Å²) < 4.78 is 5.86. The highest BCUT2D eigenvalue weighted by Gasteiger charge is 2.07. The Labute approximate surface area is 131 Å². The van der Waals surface area contributed by atoms with Crippen LogP contribution in [0.1, 0.15) is 31.9 Å². The van der Waals surface area contributed by atoms with Crippen molar-refractivity contribution in [2.45, 2.75) is 31.2 Å². The minimum absolute atomic E-state index is 0.310. The summed E-state index contributed by atoms with van der Waals surface area (Å²) in [5.74, 6) is 1.48. The maximum Gasteiger partial charge on any atom is 0.219 e. The van der Waals surface area contributed by atoms with Crippen molar-refractivity contribution >= 4 is 11.8 Å². The summed E-state index contributed by atoms with van der Waals surface area (Å²) in [6, 6.07) is 12.3. The first-order chi connectivity index (χ1) is 10.2. The molecule has 4 heteroatoms. The second kappa shape index (κ2) is 8.05. The Morgan fingerprint density at radius 2 is 2.05 bits per heavy atom. The highest BCUT2D eigenvalue weighted by molar-refractivity contribution is 7.98. The molecule has 0 aliphatic carbocycles. The van der Waals surface area contributed by atoms with E-state index in [0.29, 0.717) is 11.9 Å². The van der Waals surface area contributed by atoms with Crippen molar-refractivity contribution in [3.05, 3.63) is 48.2 Å². The second-order valence-corrected chi connectivity index (χ2v) is 5.71. The standard InChI is InChI=1S/C17H22N2OS/c1-4-11-18-13(2)14-9-10-17(19-12-14)20-15-7-5-6-8-16(15)21-3/h5-10,12-13,18H,4,11H2,1-3H3. The Kier molecular flexibility index (Phi) is 6.08. The van der Waals surface area contributed by atoms with Gasteiger partial charge in [0.2, 0.25) is 5.88 Å². The van der Waals surface area contributed by atoms with E-state index in [4.69, 9.17) is 4.74 Å². The van der Waals surface area contributed by atoms with Crippen LogP contribution in [0.25, 0.3) is 0 Å². The lowest BCUT2D eigenvalue weighted by Gasteiger charge is -2.14. The van der Waals surface area contributed by atoms with E-state index in [0.717, 1.165) is 23.6 Å². The number of pyridine rings is 1. The van der Waals surface area contributed by atoms with Crippen LogP contribution in [0.4, 0.5) is 0 Å². The molecule has 1 heterocycles. The van der Waals surface area contributed by atoms with Gasteiger partial charge in [-0.1, -0.05) is 25.1 Å². The quantitative estimate of drug-likeness (QED) is 0.755. The number of aromatic nitrogens is 1. The third kappa shape index (κ3) is 4.48. The summed E-state index contributed by atoms with van der Waals surface area (Å²) in [5, 5.41) is 3.45. The van der Waals surface area contributed by atoms with Crippen molar-refractivity contribution in [3.8, 4) is 11.6 Å². The highest BCUT2D eigenvalue weighted by Crippen LogP contribution is 2.30. The first-order valence-corrected chi connectivity index (χ1v) is 8.47. The van der Waals surface area contributed by atoms with E-state index in [2.05, 4.69) is 30.2 Å². The van der Waals surface area contributed by atoms with E-state index in [9.17, 15) is 0 Å². The van der Waals surface area contributed by atoms with Gasteiger partial charge in [0.05, 0.1) is 0 Å². The molecule has 0 spiro atoms. The summed E-state index contributed by atoms with van der Waals surface area (Å²) in [7, 11) is 0. The van der Waals surface area contributed by atoms with E-state index in [1.165, 1.54) is 5.56 Å². The molecular formula is C17H22N2OS. The minimum atomic E-state index is 0.310. The lowest BCUT2D eigenvalue weighted by atomic mass is 10.1. The molecule has 0 fully saturated rings. The summed E-state index contributed by atoms with van der Waals surface area (Å²) in [6.07, 6.45) is 5.05. The van der Waals surface area contributed by atoms with Crippen molar-refractivity contribution in [3.63, 3.8) is 0 Å². The number of thioether (sulfide) groups is 1. The fourth-order valence-electron chi connectivity index (χ4n) is 2.00. The normalized spacial score (nSPS) is 12.1. The molecule has 2 rings (SSSR count). The molecular weight excluding hydrogens is 280 g/mol. The summed E-state index contributed by atoms with van der Waals surface area (Å²) in [6.45, 7) is 5.33. The Bertz CT molecular complexity index is 557. The number of para-hydroxylation sites is 1. The number of hydrogen-bond acceptors (Lipinski definition) is 4. The molecule has 1 aromatic carbocycles. The molecule has 0 amide bonds. The van der Waals surface area contributed by atoms with Gasteiger partial charge < -0.3 is 10.1 Å². The first-order valence-electron chi connectivity index (χ1n) is 7.24. The van der Waals surface area contributed by atoms with Crippen LogP contribution in [-0.4, -0.2) is 17.8 Å². The molecule has 0 aliphatic heterocycles. The van der Waals surface area contributed by atoms with Gasteiger partial charge in [-0.15, -0.1) is 11.8 Å². The van der Waals surface area contributed by atoms with Crippen LogP contribution in [0.5, 0.6) is 11.6 Å². The largest absolute Gasteiger partial charge is 0.438 e. The lowest BCUT2D eigenvalue weighted by molar-refractivity contribution is 0.451. The van der Waals surface area contributed by atoms with Gasteiger partial charge in [0, 0.05) is 23.2 Å². The monoisotopic (exact) mass is 302 g/mol. The van der Waals surface area contributed by atoms with E-state index in [1.807, 2.05) is 42.8 Å². The molecule has 2 aromatic rings. The average Bonchev–Trinajstić information content (AvgIpc) is 2.54. The molecule has 1 unspecified atom stereocenters. The van der Waals surface area contributed by atoms with Gasteiger partial charge in [0.1, 0.15) is 5.75 Å². The number of benzene rings is 1. The van der Waals surface area contributed by atoms with E-state index in [-0.39, 0.29) is 0 Å². The second-order valence-electron chi connectivity index (χ2n) is 4.86. The Hall–Kier alpha value is -1.52. The lowest BCUT2D eigenvalue weighted by Crippen LogP contribution is -2.19. The molecule has 0 bridgehead atoms. The van der Waals surface area contributed by atoms with Gasteiger partial charge in [-0.2, -0.15) is 0 Å². The maximum atomic E-state index is 5.86. The zero-order valence-electron chi connectivity index (χ0n) is 12.8. The molecule has 21 heavy (non-hydrogen) atoms. The van der Waals surface area contributed by atoms with Gasteiger partial charge in [-0.25, -0.2) is 4.98 Å². The van der Waals surface area contributed by atoms with Crippen LogP contribution >= 0.6 is 11.8 Å². The van der Waals surface area contributed by atoms with Crippen LogP contribution in [0.2, 0.25) is 0 Å². The molecule has 1 atom stereocenters. The van der Waals surface area contributed by atoms with E-state index >= 15 is 0 Å². The van der Waals surface area contributed by atoms with Crippen molar-refractivity contribution < 1.29 is 4.74 Å². The van der Waals surface area contributed by atoms with Gasteiger partial charge >= 0.3 is 0 Å². The molecule has 0 saturated carbocycles. The van der Waals surface area contributed by atoms with Gasteiger partial charge in [-0.05, 0) is 43.8 Å². The first kappa shape index (κ1) is 15.9. The van der Waals surface area contributed by atoms with Crippen LogP contribution in [0.3, 0.4) is 0 Å². The zero-order valence-corrected chi connectivity index (χ0v) is 13.6. The number of nitrogens with zero attached hydrogens (tertiary/aromatic N) is 1. The number of ether oxygens (including phenoxy) is 1. The van der Waals surface area contributed by atoms with Crippen LogP contribution in [-0.2, 0) is 0 Å². The SMILES string of the molecule is CCCNC(C)c1ccc(Oc2ccccc2SC)nc1. The highest BCUT2D eigenvalue weighted by atomic mass is 32.2. The Morgan fingerprint density at radius 3 is 2.71 bits per heavy atom. The third-order valence-electron chi connectivity index (χ3n) is 3.24. The van der Waals surface area contributed by atoms with Gasteiger partial charge in [0.15, 0.2) is 0 Å². The average molecular weight is 302 g/mol. The van der Waals surface area contributed by atoms with Crippen LogP contribution in [0, 0.1) is 0 Å². The van der Waals surface area contributed by atoms with Crippen molar-refractivity contribution in [2.75, 3.05) is 12.8 Å². The molecule has 0 aliphatic rings. The predicted molar refractivity (Wildman–Crippen MR) is 89.2 cm³/mol. The molecule has 1 N–H and O–H groups in total. The van der Waals surface area contributed by atoms with Gasteiger partial charge in [0.25, 0.3) is 0 Å². The fraction of sp³-hybridized carbons (Fsp3) is 0.353. The summed E-state index contributed by atoms with van der Waals surface area (Å²) in [5.41, 5.74) is 1.17. The van der Waals surface area contributed by atoms with E-state index in [1.54, 1.807) is 11.8 Å². The summed E-state index contributed by atoms with van der Waals surface area (Å²) in [4.78, 5) is 5.52. The smallest absolute Gasteiger partial charge is 0.219 e. The minimum Gasteiger partial charge on any atom is -0.438 e. The predicted octanol–water partition coefficient (Wildman–Crippen LogP) is 4.66. The van der Waals surface area contributed by atoms with Crippen LogP contribution < -0.4 is 10.1 Å². The Morgan fingerprint density at radius 1 is 1.24 bits per heavy atom. The fourth-order valence-corrected chi connectivity index (χ4v) is 2.53. The molecule has 0 radical (unpaired) electrons. The van der Waals surface area contributed by atoms with Crippen molar-refractivity contribution in [1.82, 2.24) is 10.3 Å². The molecule has 3 nitrogen and oxygen atoms in total. The van der Waals surface area contributed by atoms with E-state index < -0.39 is 0 Å². The summed E-state index contributed by atoms with van der Waals surface area (Å²) >= 11 is 1.67. The van der Waals surface area contributed by atoms with Crippen molar-refractivity contribution in [2.24, 2.45) is 0 Å². The number of rotatable bonds is 7. The maximum absolute atomic E-state index is 5.86. The third-order valence-corrected chi connectivity index (χ3v) is 4.02. The van der Waals surface area contributed by atoms with Crippen LogP contribution in [0.15, 0.2) is 47.5 Å². The number of hydrogen-bond donors (Lipinski definition) is 1. The van der Waals surface area contributed by atoms with Crippen molar-refractivity contribution in [1.29, 1.82) is 0 Å². The molecule has 1 aromatic heterocycles. The zero-order chi connectivity index (χ0) is 15.1. The topological polar surface area (TPSA) is 34.1 Å². The Balaban J connectivity index is 2.05. The molecule has 112 valence electrons. The van der Waals surface area contributed by atoms with Gasteiger partial charge in [-0.3, -0.25) is 0 Å².